The minimum absolute atomic E-state index is 0.0309. The molecule has 8 heteroatoms. The van der Waals surface area contributed by atoms with Gasteiger partial charge < -0.3 is 15.4 Å². The summed E-state index contributed by atoms with van der Waals surface area (Å²) in [4.78, 5) is 18.6. The SMILES string of the molecule is CCCCSc1nc2n(n1)C(c1ccc(C(C)(C)C)cc1)C(C(=O)Nc1ccccc1OCC)=C(C)N2. The van der Waals surface area contributed by atoms with Crippen LogP contribution in [0.15, 0.2) is 65.0 Å². The number of hydrogen-bond acceptors (Lipinski definition) is 6. The highest BCUT2D eigenvalue weighted by molar-refractivity contribution is 7.99. The van der Waals surface area contributed by atoms with Crippen LogP contribution in [0.3, 0.4) is 0 Å². The number of carbonyl (C=O) groups excluding carboxylic acids is 1. The smallest absolute Gasteiger partial charge is 0.255 e. The summed E-state index contributed by atoms with van der Waals surface area (Å²) in [5, 5.41) is 12.0. The van der Waals surface area contributed by atoms with Crippen LogP contribution in [-0.4, -0.2) is 33.0 Å². The van der Waals surface area contributed by atoms with Crippen LogP contribution in [0, 0.1) is 0 Å². The Labute approximate surface area is 224 Å². The number of nitrogens with one attached hydrogen (secondary N) is 2. The van der Waals surface area contributed by atoms with E-state index in [-0.39, 0.29) is 11.3 Å². The van der Waals surface area contributed by atoms with E-state index in [4.69, 9.17) is 14.8 Å². The first-order valence-electron chi connectivity index (χ1n) is 12.9. The van der Waals surface area contributed by atoms with Gasteiger partial charge in [0.15, 0.2) is 0 Å². The Bertz CT molecular complexity index is 1270. The molecule has 37 heavy (non-hydrogen) atoms. The van der Waals surface area contributed by atoms with E-state index in [1.165, 1.54) is 5.56 Å². The van der Waals surface area contributed by atoms with Crippen LogP contribution < -0.4 is 15.4 Å². The van der Waals surface area contributed by atoms with Crippen LogP contribution in [0.25, 0.3) is 0 Å². The van der Waals surface area contributed by atoms with Gasteiger partial charge in [0.25, 0.3) is 5.91 Å². The van der Waals surface area contributed by atoms with E-state index in [9.17, 15) is 4.79 Å². The molecule has 1 amide bonds. The van der Waals surface area contributed by atoms with Gasteiger partial charge in [-0.25, -0.2) is 4.68 Å². The van der Waals surface area contributed by atoms with Gasteiger partial charge in [-0.3, -0.25) is 4.79 Å². The molecule has 2 heterocycles. The highest BCUT2D eigenvalue weighted by atomic mass is 32.2. The van der Waals surface area contributed by atoms with Crippen molar-refractivity contribution in [3.63, 3.8) is 0 Å². The zero-order chi connectivity index (χ0) is 26.6. The van der Waals surface area contributed by atoms with Crippen molar-refractivity contribution in [1.82, 2.24) is 14.8 Å². The number of benzene rings is 2. The van der Waals surface area contributed by atoms with Gasteiger partial charge in [0, 0.05) is 11.4 Å². The maximum Gasteiger partial charge on any atom is 0.255 e. The summed E-state index contributed by atoms with van der Waals surface area (Å²) in [7, 11) is 0. The second-order valence-corrected chi connectivity index (χ2v) is 11.2. The maximum atomic E-state index is 13.8. The van der Waals surface area contributed by atoms with Crippen molar-refractivity contribution in [3.8, 4) is 5.75 Å². The largest absolute Gasteiger partial charge is 0.492 e. The van der Waals surface area contributed by atoms with Crippen molar-refractivity contribution in [2.75, 3.05) is 23.0 Å². The zero-order valence-electron chi connectivity index (χ0n) is 22.6. The number of fused-ring (bicyclic) bond motifs is 1. The van der Waals surface area contributed by atoms with Crippen LogP contribution >= 0.6 is 11.8 Å². The number of para-hydroxylation sites is 2. The zero-order valence-corrected chi connectivity index (χ0v) is 23.4. The Morgan fingerprint density at radius 3 is 2.54 bits per heavy atom. The van der Waals surface area contributed by atoms with E-state index in [2.05, 4.69) is 62.6 Å². The average molecular weight is 520 g/mol. The number of carbonyl (C=O) groups is 1. The Hall–Kier alpha value is -3.26. The first-order valence-corrected chi connectivity index (χ1v) is 13.9. The molecule has 1 aliphatic rings. The number of unbranched alkanes of at least 4 members (excludes halogenated alkanes) is 1. The van der Waals surface area contributed by atoms with Crippen molar-refractivity contribution in [1.29, 1.82) is 0 Å². The van der Waals surface area contributed by atoms with Crippen molar-refractivity contribution < 1.29 is 9.53 Å². The van der Waals surface area contributed by atoms with Crippen molar-refractivity contribution >= 4 is 29.3 Å². The molecule has 0 radical (unpaired) electrons. The summed E-state index contributed by atoms with van der Waals surface area (Å²) >= 11 is 1.64. The van der Waals surface area contributed by atoms with Crippen LogP contribution in [0.1, 0.15) is 71.6 Å². The minimum Gasteiger partial charge on any atom is -0.492 e. The summed E-state index contributed by atoms with van der Waals surface area (Å²) in [6.45, 7) is 13.1. The van der Waals surface area contributed by atoms with E-state index in [1.54, 1.807) is 11.8 Å². The number of aromatic nitrogens is 3. The Morgan fingerprint density at radius 1 is 1.14 bits per heavy atom. The molecular formula is C29H37N5O2S. The quantitative estimate of drug-likeness (QED) is 0.239. The lowest BCUT2D eigenvalue weighted by Crippen LogP contribution is -2.31. The molecule has 2 aromatic carbocycles. The standard InChI is InChI=1S/C29H37N5O2S/c1-7-9-18-37-28-32-27-30-19(3)24(26(35)31-22-12-10-11-13-23(22)36-8-2)25(34(27)33-28)20-14-16-21(17-15-20)29(4,5)6/h10-17,25H,7-9,18H2,1-6H3,(H,31,35)(H,30,32,33). The molecule has 2 N–H and O–H groups in total. The molecular weight excluding hydrogens is 482 g/mol. The molecule has 3 aromatic rings. The average Bonchev–Trinajstić information content (AvgIpc) is 3.26. The third-order valence-corrected chi connectivity index (χ3v) is 7.26. The molecule has 0 fully saturated rings. The first-order chi connectivity index (χ1) is 17.7. The number of rotatable bonds is 9. The van der Waals surface area contributed by atoms with E-state index >= 15 is 0 Å². The lowest BCUT2D eigenvalue weighted by atomic mass is 9.85. The number of anilines is 2. The molecule has 7 nitrogen and oxygen atoms in total. The van der Waals surface area contributed by atoms with Gasteiger partial charge in [0.05, 0.1) is 17.9 Å². The molecule has 1 aliphatic heterocycles. The highest BCUT2D eigenvalue weighted by Gasteiger charge is 2.35. The number of thioether (sulfide) groups is 1. The van der Waals surface area contributed by atoms with E-state index < -0.39 is 6.04 Å². The fourth-order valence-corrected chi connectivity index (χ4v) is 5.22. The van der Waals surface area contributed by atoms with Gasteiger partial charge in [-0.15, -0.1) is 5.10 Å². The van der Waals surface area contributed by atoms with E-state index in [1.807, 2.05) is 42.8 Å². The predicted molar refractivity (Wildman–Crippen MR) is 151 cm³/mol. The molecule has 0 bridgehead atoms. The number of amides is 1. The topological polar surface area (TPSA) is 81.1 Å². The second kappa shape index (κ2) is 11.4. The number of ether oxygens (including phenoxy) is 1. The number of nitrogens with zero attached hydrogens (tertiary/aromatic N) is 3. The third-order valence-electron chi connectivity index (χ3n) is 6.33. The summed E-state index contributed by atoms with van der Waals surface area (Å²) < 4.78 is 7.58. The second-order valence-electron chi connectivity index (χ2n) is 10.2. The van der Waals surface area contributed by atoms with Gasteiger partial charge in [-0.05, 0) is 48.9 Å². The summed E-state index contributed by atoms with van der Waals surface area (Å²) in [5.41, 5.74) is 4.23. The van der Waals surface area contributed by atoms with Crippen LogP contribution in [0.5, 0.6) is 5.75 Å². The van der Waals surface area contributed by atoms with Gasteiger partial charge in [0.2, 0.25) is 11.1 Å². The fourth-order valence-electron chi connectivity index (χ4n) is 4.31. The minimum atomic E-state index is -0.419. The summed E-state index contributed by atoms with van der Waals surface area (Å²) in [6.07, 6.45) is 2.22. The van der Waals surface area contributed by atoms with E-state index in [0.717, 1.165) is 29.9 Å². The van der Waals surface area contributed by atoms with Gasteiger partial charge in [-0.1, -0.05) is 82.3 Å². The fraction of sp³-hybridized carbons (Fsp3) is 0.414. The Morgan fingerprint density at radius 2 is 1.86 bits per heavy atom. The number of allylic oxidation sites excluding steroid dienone is 1. The molecule has 0 saturated heterocycles. The lowest BCUT2D eigenvalue weighted by Gasteiger charge is -2.29. The van der Waals surface area contributed by atoms with Crippen molar-refractivity contribution in [3.05, 3.63) is 70.9 Å². The molecule has 0 spiro atoms. The third kappa shape index (κ3) is 6.01. The summed E-state index contributed by atoms with van der Waals surface area (Å²) in [5.74, 6) is 2.04. The monoisotopic (exact) mass is 519 g/mol. The summed E-state index contributed by atoms with van der Waals surface area (Å²) in [6, 6.07) is 15.5. The van der Waals surface area contributed by atoms with Crippen LogP contribution in [0.4, 0.5) is 11.6 Å². The molecule has 0 aliphatic carbocycles. The van der Waals surface area contributed by atoms with Gasteiger partial charge in [-0.2, -0.15) is 4.98 Å². The molecule has 1 atom stereocenters. The van der Waals surface area contributed by atoms with Gasteiger partial charge >= 0.3 is 0 Å². The maximum absolute atomic E-state index is 13.8. The predicted octanol–water partition coefficient (Wildman–Crippen LogP) is 6.79. The Balaban J connectivity index is 1.74. The number of hydrogen-bond donors (Lipinski definition) is 2. The molecule has 1 aromatic heterocycles. The highest BCUT2D eigenvalue weighted by Crippen LogP contribution is 2.38. The Kier molecular flexibility index (Phi) is 8.27. The van der Waals surface area contributed by atoms with Crippen molar-refractivity contribution in [2.45, 2.75) is 71.0 Å². The van der Waals surface area contributed by atoms with Crippen LogP contribution in [0.2, 0.25) is 0 Å². The molecule has 1 unspecified atom stereocenters. The normalized spacial score (nSPS) is 15.2. The van der Waals surface area contributed by atoms with Gasteiger partial charge in [0.1, 0.15) is 11.8 Å². The van der Waals surface area contributed by atoms with Crippen molar-refractivity contribution in [2.24, 2.45) is 0 Å². The first kappa shape index (κ1) is 26.8. The molecule has 196 valence electrons. The van der Waals surface area contributed by atoms with Crippen LogP contribution in [-0.2, 0) is 10.2 Å². The van der Waals surface area contributed by atoms with E-state index in [0.29, 0.717) is 34.7 Å². The molecule has 0 saturated carbocycles. The lowest BCUT2D eigenvalue weighted by molar-refractivity contribution is -0.113. The molecule has 4 rings (SSSR count).